The van der Waals surface area contributed by atoms with E-state index in [-0.39, 0.29) is 25.4 Å². The average Bonchev–Trinajstić information content (AvgIpc) is 2.89. The van der Waals surface area contributed by atoms with E-state index in [1.54, 1.807) is 0 Å². The quantitative estimate of drug-likeness (QED) is 0.761. The number of rotatable bonds is 6. The molecule has 1 aliphatic carbocycles. The molecule has 3 nitrogen and oxygen atoms in total. The second-order valence-electron chi connectivity index (χ2n) is 5.74. The smallest absolute Gasteiger partial charge is 0.248 e. The van der Waals surface area contributed by atoms with Gasteiger partial charge in [0.1, 0.15) is 0 Å². The predicted octanol–water partition coefficient (Wildman–Crippen LogP) is 1.47. The third-order valence-corrected chi connectivity index (χ3v) is 4.08. The number of halogens is 2. The summed E-state index contributed by atoms with van der Waals surface area (Å²) in [4.78, 5) is 2.15. The fourth-order valence-corrected chi connectivity index (χ4v) is 3.19. The van der Waals surface area contributed by atoms with Crippen LogP contribution in [-0.2, 0) is 0 Å². The molecule has 0 amide bonds. The Morgan fingerprint density at radius 2 is 2.11 bits per heavy atom. The fourth-order valence-electron chi connectivity index (χ4n) is 3.19. The molecule has 0 aromatic carbocycles. The van der Waals surface area contributed by atoms with Crippen molar-refractivity contribution in [1.29, 1.82) is 0 Å². The highest BCUT2D eigenvalue weighted by atomic mass is 19.3. The van der Waals surface area contributed by atoms with Gasteiger partial charge in [0.2, 0.25) is 5.92 Å². The summed E-state index contributed by atoms with van der Waals surface area (Å²) in [6, 6.07) is 0.471. The summed E-state index contributed by atoms with van der Waals surface area (Å²) < 4.78 is 26.3. The zero-order valence-electron chi connectivity index (χ0n) is 10.9. The van der Waals surface area contributed by atoms with E-state index in [1.165, 1.54) is 6.42 Å². The Kier molecular flexibility index (Phi) is 4.92. The first-order chi connectivity index (χ1) is 8.59. The number of hydrogen-bond acceptors (Lipinski definition) is 3. The molecule has 2 atom stereocenters. The van der Waals surface area contributed by atoms with Gasteiger partial charge in [0.15, 0.2) is 0 Å². The molecule has 106 valence electrons. The lowest BCUT2D eigenvalue weighted by Crippen LogP contribution is -2.41. The van der Waals surface area contributed by atoms with E-state index in [2.05, 4.69) is 10.2 Å². The average molecular weight is 262 g/mol. The van der Waals surface area contributed by atoms with Crippen LogP contribution >= 0.6 is 0 Å². The molecule has 1 saturated carbocycles. The molecular formula is C13H24F2N2O. The summed E-state index contributed by atoms with van der Waals surface area (Å²) in [6.45, 7) is 3.34. The van der Waals surface area contributed by atoms with E-state index in [9.17, 15) is 8.78 Å². The van der Waals surface area contributed by atoms with Crippen molar-refractivity contribution in [2.75, 3.05) is 32.8 Å². The monoisotopic (exact) mass is 262 g/mol. The molecule has 1 heterocycles. The summed E-state index contributed by atoms with van der Waals surface area (Å²) in [5, 5.41) is 12.5. The van der Waals surface area contributed by atoms with Crippen molar-refractivity contribution in [3.05, 3.63) is 0 Å². The standard InChI is InChI=1S/C13H24F2N2O/c14-13(15)4-3-11(8-13)9-17(6-7-18)10-12-2-1-5-16-12/h11-12,16,18H,1-10H2. The van der Waals surface area contributed by atoms with Crippen LogP contribution in [0.4, 0.5) is 8.78 Å². The lowest BCUT2D eigenvalue weighted by atomic mass is 10.1. The Balaban J connectivity index is 1.78. The second-order valence-corrected chi connectivity index (χ2v) is 5.74. The predicted molar refractivity (Wildman–Crippen MR) is 66.8 cm³/mol. The fraction of sp³-hybridized carbons (Fsp3) is 1.00. The maximum atomic E-state index is 13.2. The molecule has 2 N–H and O–H groups in total. The Morgan fingerprint density at radius 1 is 1.28 bits per heavy atom. The van der Waals surface area contributed by atoms with Crippen LogP contribution in [0.2, 0.25) is 0 Å². The molecule has 18 heavy (non-hydrogen) atoms. The Morgan fingerprint density at radius 3 is 2.67 bits per heavy atom. The van der Waals surface area contributed by atoms with Gasteiger partial charge in [-0.3, -0.25) is 4.90 Å². The van der Waals surface area contributed by atoms with Crippen molar-refractivity contribution in [2.24, 2.45) is 5.92 Å². The number of alkyl halides is 2. The first-order valence-electron chi connectivity index (χ1n) is 7.03. The number of aliphatic hydroxyl groups excluding tert-OH is 1. The largest absolute Gasteiger partial charge is 0.395 e. The summed E-state index contributed by atoms with van der Waals surface area (Å²) in [5.74, 6) is -2.37. The number of hydrogen-bond donors (Lipinski definition) is 2. The zero-order valence-corrected chi connectivity index (χ0v) is 10.9. The summed E-state index contributed by atoms with van der Waals surface area (Å²) in [7, 11) is 0. The summed E-state index contributed by atoms with van der Waals surface area (Å²) >= 11 is 0. The summed E-state index contributed by atoms with van der Waals surface area (Å²) in [5.41, 5.74) is 0. The molecule has 0 bridgehead atoms. The van der Waals surface area contributed by atoms with Gasteiger partial charge in [-0.05, 0) is 31.7 Å². The topological polar surface area (TPSA) is 35.5 Å². The van der Waals surface area contributed by atoms with Crippen LogP contribution in [0.5, 0.6) is 0 Å². The van der Waals surface area contributed by atoms with Crippen LogP contribution in [0.25, 0.3) is 0 Å². The Labute approximate surface area is 108 Å². The number of nitrogens with zero attached hydrogens (tertiary/aromatic N) is 1. The highest BCUT2D eigenvalue weighted by Crippen LogP contribution is 2.39. The molecule has 2 fully saturated rings. The van der Waals surface area contributed by atoms with Crippen molar-refractivity contribution in [3.63, 3.8) is 0 Å². The van der Waals surface area contributed by atoms with Crippen LogP contribution < -0.4 is 5.32 Å². The van der Waals surface area contributed by atoms with E-state index in [0.29, 0.717) is 25.6 Å². The maximum absolute atomic E-state index is 13.2. The first kappa shape index (κ1) is 14.2. The first-order valence-corrected chi connectivity index (χ1v) is 7.03. The van der Waals surface area contributed by atoms with E-state index >= 15 is 0 Å². The van der Waals surface area contributed by atoms with Gasteiger partial charge in [-0.1, -0.05) is 0 Å². The van der Waals surface area contributed by atoms with Gasteiger partial charge in [-0.25, -0.2) is 8.78 Å². The lowest BCUT2D eigenvalue weighted by Gasteiger charge is -2.27. The molecule has 1 saturated heterocycles. The third-order valence-electron chi connectivity index (χ3n) is 4.08. The van der Waals surface area contributed by atoms with Crippen LogP contribution in [-0.4, -0.2) is 54.8 Å². The molecule has 2 aliphatic rings. The normalized spacial score (nSPS) is 31.3. The molecule has 2 rings (SSSR count). The van der Waals surface area contributed by atoms with Crippen molar-refractivity contribution in [1.82, 2.24) is 10.2 Å². The third kappa shape index (κ3) is 4.14. The molecule has 0 spiro atoms. The van der Waals surface area contributed by atoms with Gasteiger partial charge in [0.25, 0.3) is 0 Å². The second kappa shape index (κ2) is 6.26. The van der Waals surface area contributed by atoms with Gasteiger partial charge in [-0.15, -0.1) is 0 Å². The van der Waals surface area contributed by atoms with Crippen LogP contribution in [0.1, 0.15) is 32.1 Å². The highest BCUT2D eigenvalue weighted by molar-refractivity contribution is 4.85. The molecule has 1 aliphatic heterocycles. The van der Waals surface area contributed by atoms with E-state index in [0.717, 1.165) is 19.5 Å². The van der Waals surface area contributed by atoms with Crippen LogP contribution in [0, 0.1) is 5.92 Å². The van der Waals surface area contributed by atoms with Gasteiger partial charge in [0.05, 0.1) is 6.61 Å². The SMILES string of the molecule is OCCN(CC1CCC(F)(F)C1)CC1CCCN1. The minimum atomic E-state index is -2.46. The number of aliphatic hydroxyl groups is 1. The molecule has 0 aromatic rings. The van der Waals surface area contributed by atoms with E-state index < -0.39 is 5.92 Å². The Hall–Kier alpha value is -0.260. The van der Waals surface area contributed by atoms with Crippen molar-refractivity contribution < 1.29 is 13.9 Å². The van der Waals surface area contributed by atoms with Crippen molar-refractivity contribution >= 4 is 0 Å². The molecule has 5 heteroatoms. The van der Waals surface area contributed by atoms with Crippen LogP contribution in [0.15, 0.2) is 0 Å². The van der Waals surface area contributed by atoms with Gasteiger partial charge in [-0.2, -0.15) is 0 Å². The van der Waals surface area contributed by atoms with Crippen molar-refractivity contribution in [2.45, 2.75) is 44.1 Å². The van der Waals surface area contributed by atoms with E-state index in [4.69, 9.17) is 5.11 Å². The minimum absolute atomic E-state index is 0.0209. The maximum Gasteiger partial charge on any atom is 0.248 e. The number of nitrogens with one attached hydrogen (secondary N) is 1. The molecule has 0 radical (unpaired) electrons. The minimum Gasteiger partial charge on any atom is -0.395 e. The van der Waals surface area contributed by atoms with Crippen LogP contribution in [0.3, 0.4) is 0 Å². The lowest BCUT2D eigenvalue weighted by molar-refractivity contribution is 0.00313. The van der Waals surface area contributed by atoms with Gasteiger partial charge >= 0.3 is 0 Å². The molecule has 0 aromatic heterocycles. The molecule has 2 unspecified atom stereocenters. The van der Waals surface area contributed by atoms with Crippen molar-refractivity contribution in [3.8, 4) is 0 Å². The zero-order chi connectivity index (χ0) is 13.0. The van der Waals surface area contributed by atoms with Gasteiger partial charge in [0, 0.05) is 38.5 Å². The highest BCUT2D eigenvalue weighted by Gasteiger charge is 2.39. The summed E-state index contributed by atoms with van der Waals surface area (Å²) in [6.07, 6.45) is 3.02. The van der Waals surface area contributed by atoms with E-state index in [1.807, 2.05) is 0 Å². The molecular weight excluding hydrogens is 238 g/mol. The Bertz CT molecular complexity index is 257. The van der Waals surface area contributed by atoms with Gasteiger partial charge < -0.3 is 10.4 Å².